The van der Waals surface area contributed by atoms with E-state index in [0.29, 0.717) is 5.75 Å². The Labute approximate surface area is 115 Å². The van der Waals surface area contributed by atoms with Crippen molar-refractivity contribution in [2.45, 2.75) is 27.2 Å². The maximum absolute atomic E-state index is 10.4. The van der Waals surface area contributed by atoms with Crippen LogP contribution in [0.3, 0.4) is 0 Å². The van der Waals surface area contributed by atoms with Crippen LogP contribution in [0.1, 0.15) is 27.8 Å². The molecule has 2 nitrogen and oxygen atoms in total. The van der Waals surface area contributed by atoms with Crippen LogP contribution >= 0.6 is 8.69 Å². The molecule has 0 heterocycles. The van der Waals surface area contributed by atoms with Crippen LogP contribution in [0, 0.1) is 20.8 Å². The highest BCUT2D eigenvalue weighted by molar-refractivity contribution is 7.17. The largest absolute Gasteiger partial charge is 0.542 e. The molecule has 1 atom stereocenters. The fraction of sp³-hybridized carbons (Fsp3) is 0.250. The molecule has 19 heavy (non-hydrogen) atoms. The van der Waals surface area contributed by atoms with Crippen molar-refractivity contribution >= 4 is 8.69 Å². The molecule has 0 fully saturated rings. The van der Waals surface area contributed by atoms with Gasteiger partial charge in [0.1, 0.15) is 0 Å². The van der Waals surface area contributed by atoms with E-state index < -0.39 is 8.69 Å². The molecule has 2 aromatic carbocycles. The molecule has 0 aromatic heterocycles. The maximum atomic E-state index is 10.4. The van der Waals surface area contributed by atoms with Crippen LogP contribution in [-0.2, 0) is 11.0 Å². The van der Waals surface area contributed by atoms with Crippen molar-refractivity contribution in [3.8, 4) is 5.75 Å². The Bertz CT molecular complexity index is 565. The van der Waals surface area contributed by atoms with E-state index in [1.54, 1.807) is 0 Å². The first-order chi connectivity index (χ1) is 9.10. The van der Waals surface area contributed by atoms with Crippen LogP contribution in [0.2, 0.25) is 0 Å². The average Bonchev–Trinajstić information content (AvgIpc) is 2.36. The molecular formula is C16H18O2P+. The smallest absolute Gasteiger partial charge is 0.256 e. The van der Waals surface area contributed by atoms with Crippen molar-refractivity contribution in [3.05, 3.63) is 64.2 Å². The molecule has 0 N–H and O–H groups in total. The molecule has 98 valence electrons. The van der Waals surface area contributed by atoms with Gasteiger partial charge in [-0.1, -0.05) is 29.8 Å². The van der Waals surface area contributed by atoms with E-state index in [4.69, 9.17) is 4.52 Å². The second-order valence-corrected chi connectivity index (χ2v) is 5.25. The standard InChI is InChI=1S/C16H18O2P/c1-11-8-12(2)16(13(3)9-11)10-14-4-6-15(7-5-14)18-19-17/h4-9,19H,10H2,1-3H3/q+1. The summed E-state index contributed by atoms with van der Waals surface area (Å²) < 4.78 is 15.3. The highest BCUT2D eigenvalue weighted by Crippen LogP contribution is 2.22. The Morgan fingerprint density at radius 2 is 1.58 bits per heavy atom. The summed E-state index contributed by atoms with van der Waals surface area (Å²) in [5, 5.41) is 0. The number of hydrogen-bond donors (Lipinski definition) is 0. The van der Waals surface area contributed by atoms with Crippen molar-refractivity contribution in [2.75, 3.05) is 0 Å². The van der Waals surface area contributed by atoms with Crippen LogP contribution in [0.15, 0.2) is 36.4 Å². The normalized spacial score (nSPS) is 10.7. The van der Waals surface area contributed by atoms with Crippen molar-refractivity contribution in [1.29, 1.82) is 0 Å². The summed E-state index contributed by atoms with van der Waals surface area (Å²) in [6.07, 6.45) is 0.915. The van der Waals surface area contributed by atoms with Crippen LogP contribution in [0.4, 0.5) is 0 Å². The molecule has 0 bridgehead atoms. The lowest BCUT2D eigenvalue weighted by Gasteiger charge is -2.11. The van der Waals surface area contributed by atoms with Gasteiger partial charge in [-0.05, 0) is 66.1 Å². The highest BCUT2D eigenvalue weighted by Gasteiger charge is 2.06. The van der Waals surface area contributed by atoms with Crippen LogP contribution in [0.5, 0.6) is 5.75 Å². The molecule has 2 aromatic rings. The van der Waals surface area contributed by atoms with Gasteiger partial charge < -0.3 is 0 Å². The molecule has 0 saturated carbocycles. The van der Waals surface area contributed by atoms with Gasteiger partial charge in [0.2, 0.25) is 0 Å². The predicted molar refractivity (Wildman–Crippen MR) is 79.5 cm³/mol. The third kappa shape index (κ3) is 3.42. The Morgan fingerprint density at radius 1 is 1.00 bits per heavy atom. The first kappa shape index (κ1) is 13.8. The van der Waals surface area contributed by atoms with E-state index in [9.17, 15) is 4.57 Å². The zero-order valence-corrected chi connectivity index (χ0v) is 12.5. The lowest BCUT2D eigenvalue weighted by molar-refractivity contribution is 0.525. The van der Waals surface area contributed by atoms with E-state index in [2.05, 4.69) is 32.9 Å². The SMILES string of the molecule is Cc1cc(C)c(Cc2ccc(O[PH+]=O)cc2)c(C)c1. The van der Waals surface area contributed by atoms with Crippen molar-refractivity contribution in [3.63, 3.8) is 0 Å². The van der Waals surface area contributed by atoms with Crippen LogP contribution < -0.4 is 4.52 Å². The fourth-order valence-corrected chi connectivity index (χ4v) is 2.65. The summed E-state index contributed by atoms with van der Waals surface area (Å²) in [6.45, 7) is 6.44. The molecule has 3 heteroatoms. The number of hydrogen-bond acceptors (Lipinski definition) is 2. The van der Waals surface area contributed by atoms with Gasteiger partial charge in [0.15, 0.2) is 5.75 Å². The van der Waals surface area contributed by atoms with Gasteiger partial charge in [0.25, 0.3) is 0 Å². The molecule has 0 radical (unpaired) electrons. The molecule has 2 rings (SSSR count). The van der Waals surface area contributed by atoms with Gasteiger partial charge in [0.05, 0.1) is 0 Å². The monoisotopic (exact) mass is 273 g/mol. The van der Waals surface area contributed by atoms with Crippen molar-refractivity contribution < 1.29 is 9.09 Å². The minimum atomic E-state index is -0.750. The van der Waals surface area contributed by atoms with Gasteiger partial charge in [-0.15, -0.1) is 0 Å². The van der Waals surface area contributed by atoms with E-state index >= 15 is 0 Å². The Hall–Kier alpha value is -1.66. The van der Waals surface area contributed by atoms with Gasteiger partial charge in [-0.3, -0.25) is 4.52 Å². The molecule has 0 aliphatic heterocycles. The first-order valence-corrected chi connectivity index (χ1v) is 7.11. The summed E-state index contributed by atoms with van der Waals surface area (Å²) in [6, 6.07) is 12.2. The predicted octanol–water partition coefficient (Wildman–Crippen LogP) is 4.52. The topological polar surface area (TPSA) is 26.3 Å². The summed E-state index contributed by atoms with van der Waals surface area (Å²) in [4.78, 5) is 0. The molecule has 1 unspecified atom stereocenters. The van der Waals surface area contributed by atoms with Gasteiger partial charge in [0, 0.05) is 0 Å². The van der Waals surface area contributed by atoms with E-state index in [1.165, 1.54) is 27.8 Å². The van der Waals surface area contributed by atoms with Crippen LogP contribution in [-0.4, -0.2) is 0 Å². The molecule has 0 saturated heterocycles. The molecule has 0 amide bonds. The minimum Gasteiger partial charge on any atom is -0.256 e. The lowest BCUT2D eigenvalue weighted by atomic mass is 9.94. The number of rotatable bonds is 4. The Kier molecular flexibility index (Phi) is 4.34. The third-order valence-electron chi connectivity index (χ3n) is 3.30. The zero-order chi connectivity index (χ0) is 13.8. The maximum Gasteiger partial charge on any atom is 0.542 e. The molecule has 0 spiro atoms. The van der Waals surface area contributed by atoms with Crippen molar-refractivity contribution in [2.24, 2.45) is 0 Å². The summed E-state index contributed by atoms with van der Waals surface area (Å²) >= 11 is 0. The highest BCUT2D eigenvalue weighted by atomic mass is 31.1. The summed E-state index contributed by atoms with van der Waals surface area (Å²) in [7, 11) is -0.750. The number of aryl methyl sites for hydroxylation is 3. The quantitative estimate of drug-likeness (QED) is 0.765. The second-order valence-electron chi connectivity index (χ2n) is 4.88. The van der Waals surface area contributed by atoms with Crippen molar-refractivity contribution in [1.82, 2.24) is 0 Å². The lowest BCUT2D eigenvalue weighted by Crippen LogP contribution is -1.96. The molecule has 0 aliphatic carbocycles. The third-order valence-corrected chi connectivity index (χ3v) is 3.62. The Morgan fingerprint density at radius 3 is 2.11 bits per heavy atom. The van der Waals surface area contributed by atoms with Gasteiger partial charge in [-0.2, -0.15) is 0 Å². The minimum absolute atomic E-state index is 0.648. The zero-order valence-electron chi connectivity index (χ0n) is 11.5. The summed E-state index contributed by atoms with van der Waals surface area (Å²) in [5.74, 6) is 0.648. The number of benzene rings is 2. The van der Waals surface area contributed by atoms with E-state index in [0.717, 1.165) is 6.42 Å². The van der Waals surface area contributed by atoms with Gasteiger partial charge in [-0.25, -0.2) is 0 Å². The van der Waals surface area contributed by atoms with Gasteiger partial charge >= 0.3 is 8.69 Å². The average molecular weight is 273 g/mol. The van der Waals surface area contributed by atoms with Crippen LogP contribution in [0.25, 0.3) is 0 Å². The summed E-state index contributed by atoms with van der Waals surface area (Å²) in [5.41, 5.74) is 6.58. The fourth-order valence-electron chi connectivity index (χ4n) is 2.42. The van der Waals surface area contributed by atoms with E-state index in [1.807, 2.05) is 24.3 Å². The Balaban J connectivity index is 2.23. The van der Waals surface area contributed by atoms with E-state index in [-0.39, 0.29) is 0 Å². The first-order valence-electron chi connectivity index (χ1n) is 6.30. The molecule has 0 aliphatic rings. The molecular weight excluding hydrogens is 255 g/mol. The second kappa shape index (κ2) is 5.99.